The molecule has 0 bridgehead atoms. The fraction of sp³-hybridized carbons (Fsp3) is 0.259. The number of anilines is 2. The van der Waals surface area contributed by atoms with Crippen molar-refractivity contribution in [3.63, 3.8) is 0 Å². The number of rotatable bonds is 5. The van der Waals surface area contributed by atoms with Crippen LogP contribution >= 0.6 is 11.6 Å². The standard InChI is InChI=1S/C27H24ClN5O2/c1-15-9-20(17(3)31-22-6-7-23(28)32-27(22)33-13-18(11-29)14-33)26-21(10-15)24(34)16(2)25(35-26)19-5-4-8-30-12-19/h4-10,12,17-18,31H,13-14H2,1-3H3. The van der Waals surface area contributed by atoms with E-state index in [1.807, 2.05) is 49.1 Å². The monoisotopic (exact) mass is 485 g/mol. The van der Waals surface area contributed by atoms with Gasteiger partial charge in [-0.05, 0) is 56.7 Å². The van der Waals surface area contributed by atoms with E-state index in [9.17, 15) is 4.79 Å². The lowest BCUT2D eigenvalue weighted by Crippen LogP contribution is -2.46. The first-order valence-electron chi connectivity index (χ1n) is 11.4. The minimum atomic E-state index is -0.209. The summed E-state index contributed by atoms with van der Waals surface area (Å²) >= 11 is 6.19. The first-order chi connectivity index (χ1) is 16.9. The number of nitrogens with one attached hydrogen (secondary N) is 1. The van der Waals surface area contributed by atoms with E-state index < -0.39 is 0 Å². The van der Waals surface area contributed by atoms with E-state index in [1.165, 1.54) is 0 Å². The molecule has 0 radical (unpaired) electrons. The summed E-state index contributed by atoms with van der Waals surface area (Å²) in [7, 11) is 0. The molecule has 4 aromatic rings. The van der Waals surface area contributed by atoms with Crippen LogP contribution in [0, 0.1) is 31.1 Å². The quantitative estimate of drug-likeness (QED) is 0.365. The van der Waals surface area contributed by atoms with Gasteiger partial charge in [-0.3, -0.25) is 9.78 Å². The molecule has 1 fully saturated rings. The minimum Gasteiger partial charge on any atom is -0.455 e. The van der Waals surface area contributed by atoms with Gasteiger partial charge >= 0.3 is 0 Å². The molecule has 1 unspecified atom stereocenters. The van der Waals surface area contributed by atoms with Crippen LogP contribution in [0.3, 0.4) is 0 Å². The number of fused-ring (bicyclic) bond motifs is 1. The van der Waals surface area contributed by atoms with Crippen LogP contribution in [-0.4, -0.2) is 23.1 Å². The second-order valence-corrected chi connectivity index (χ2v) is 9.35. The Morgan fingerprint density at radius 3 is 2.77 bits per heavy atom. The van der Waals surface area contributed by atoms with Crippen molar-refractivity contribution in [2.24, 2.45) is 5.92 Å². The second kappa shape index (κ2) is 9.05. The lowest BCUT2D eigenvalue weighted by Gasteiger charge is -2.37. The predicted octanol–water partition coefficient (Wildman–Crippen LogP) is 5.65. The van der Waals surface area contributed by atoms with Gasteiger partial charge in [-0.15, -0.1) is 0 Å². The maximum atomic E-state index is 13.3. The zero-order valence-electron chi connectivity index (χ0n) is 19.7. The molecule has 1 N–H and O–H groups in total. The molecule has 0 aliphatic carbocycles. The van der Waals surface area contributed by atoms with Crippen LogP contribution in [0.25, 0.3) is 22.3 Å². The highest BCUT2D eigenvalue weighted by Gasteiger charge is 2.30. The van der Waals surface area contributed by atoms with Crippen molar-refractivity contribution in [3.8, 4) is 17.4 Å². The molecule has 0 spiro atoms. The molecule has 1 aliphatic heterocycles. The summed E-state index contributed by atoms with van der Waals surface area (Å²) in [5.41, 5.74) is 4.43. The highest BCUT2D eigenvalue weighted by Crippen LogP contribution is 2.36. The molecule has 3 aromatic heterocycles. The number of nitrogens with zero attached hydrogens (tertiary/aromatic N) is 4. The second-order valence-electron chi connectivity index (χ2n) is 8.96. The Bertz CT molecular complexity index is 1520. The summed E-state index contributed by atoms with van der Waals surface area (Å²) in [5, 5.41) is 13.6. The Labute approximate surface area is 208 Å². The number of nitriles is 1. The Balaban J connectivity index is 1.58. The fourth-order valence-corrected chi connectivity index (χ4v) is 4.63. The summed E-state index contributed by atoms with van der Waals surface area (Å²) in [5.74, 6) is 1.22. The molecule has 1 aromatic carbocycles. The summed E-state index contributed by atoms with van der Waals surface area (Å²) in [6.45, 7) is 7.00. The van der Waals surface area contributed by atoms with Gasteiger partial charge in [-0.1, -0.05) is 17.7 Å². The van der Waals surface area contributed by atoms with E-state index in [0.717, 1.165) is 22.4 Å². The molecule has 1 atom stereocenters. The van der Waals surface area contributed by atoms with Gasteiger partial charge in [0.1, 0.15) is 16.5 Å². The molecular weight excluding hydrogens is 462 g/mol. The molecule has 1 saturated heterocycles. The molecule has 5 rings (SSSR count). The van der Waals surface area contributed by atoms with Gasteiger partial charge < -0.3 is 14.6 Å². The van der Waals surface area contributed by atoms with Crippen LogP contribution in [-0.2, 0) is 0 Å². The van der Waals surface area contributed by atoms with E-state index in [-0.39, 0.29) is 17.4 Å². The average molecular weight is 486 g/mol. The maximum Gasteiger partial charge on any atom is 0.196 e. The average Bonchev–Trinajstić information content (AvgIpc) is 2.82. The minimum absolute atomic E-state index is 0.00909. The summed E-state index contributed by atoms with van der Waals surface area (Å²) in [6.07, 6.45) is 3.38. The summed E-state index contributed by atoms with van der Waals surface area (Å²) in [6, 6.07) is 13.3. The summed E-state index contributed by atoms with van der Waals surface area (Å²) in [4.78, 5) is 24.1. The molecule has 8 heteroatoms. The normalized spacial score (nSPS) is 14.4. The summed E-state index contributed by atoms with van der Waals surface area (Å²) < 4.78 is 6.40. The first-order valence-corrected chi connectivity index (χ1v) is 11.8. The number of aromatic nitrogens is 2. The molecule has 0 amide bonds. The molecule has 0 saturated carbocycles. The van der Waals surface area contributed by atoms with E-state index in [4.69, 9.17) is 21.3 Å². The van der Waals surface area contributed by atoms with Crippen LogP contribution in [0.2, 0.25) is 5.15 Å². The van der Waals surface area contributed by atoms with Gasteiger partial charge in [-0.2, -0.15) is 5.26 Å². The lowest BCUT2D eigenvalue weighted by atomic mass is 9.99. The van der Waals surface area contributed by atoms with Crippen LogP contribution in [0.1, 0.15) is 29.7 Å². The number of halogens is 1. The van der Waals surface area contributed by atoms with Crippen molar-refractivity contribution in [1.82, 2.24) is 9.97 Å². The number of benzene rings is 1. The van der Waals surface area contributed by atoms with E-state index in [1.54, 1.807) is 25.4 Å². The SMILES string of the molecule is Cc1cc(C(C)Nc2ccc(Cl)nc2N2CC(C#N)C2)c2oc(-c3cccnc3)c(C)c(=O)c2c1. The van der Waals surface area contributed by atoms with E-state index in [0.29, 0.717) is 46.4 Å². The Morgan fingerprint density at radius 2 is 2.06 bits per heavy atom. The van der Waals surface area contributed by atoms with Crippen molar-refractivity contribution in [2.75, 3.05) is 23.3 Å². The van der Waals surface area contributed by atoms with Crippen molar-refractivity contribution in [2.45, 2.75) is 26.8 Å². The molecule has 176 valence electrons. The molecule has 35 heavy (non-hydrogen) atoms. The smallest absolute Gasteiger partial charge is 0.196 e. The highest BCUT2D eigenvalue weighted by atomic mass is 35.5. The molecular formula is C27H24ClN5O2. The van der Waals surface area contributed by atoms with Gasteiger partial charge in [0, 0.05) is 42.2 Å². The van der Waals surface area contributed by atoms with Gasteiger partial charge in [0.25, 0.3) is 0 Å². The highest BCUT2D eigenvalue weighted by molar-refractivity contribution is 6.29. The zero-order chi connectivity index (χ0) is 24.7. The van der Waals surface area contributed by atoms with Gasteiger partial charge in [0.15, 0.2) is 11.2 Å². The van der Waals surface area contributed by atoms with E-state index in [2.05, 4.69) is 21.4 Å². The van der Waals surface area contributed by atoms with Crippen molar-refractivity contribution in [1.29, 1.82) is 5.26 Å². The van der Waals surface area contributed by atoms with Crippen LogP contribution < -0.4 is 15.6 Å². The fourth-order valence-electron chi connectivity index (χ4n) is 4.48. The van der Waals surface area contributed by atoms with Crippen molar-refractivity contribution in [3.05, 3.63) is 80.9 Å². The zero-order valence-corrected chi connectivity index (χ0v) is 20.4. The van der Waals surface area contributed by atoms with Crippen LogP contribution in [0.15, 0.2) is 58.0 Å². The maximum absolute atomic E-state index is 13.3. The van der Waals surface area contributed by atoms with Gasteiger partial charge in [0.2, 0.25) is 0 Å². The predicted molar refractivity (Wildman–Crippen MR) is 138 cm³/mol. The Morgan fingerprint density at radius 1 is 1.26 bits per heavy atom. The van der Waals surface area contributed by atoms with E-state index >= 15 is 0 Å². The molecule has 4 heterocycles. The van der Waals surface area contributed by atoms with Gasteiger partial charge in [0.05, 0.1) is 29.1 Å². The van der Waals surface area contributed by atoms with Crippen LogP contribution in [0.5, 0.6) is 0 Å². The third-order valence-corrected chi connectivity index (χ3v) is 6.57. The number of hydrogen-bond acceptors (Lipinski definition) is 7. The molecule has 7 nitrogen and oxygen atoms in total. The first kappa shape index (κ1) is 22.9. The Hall–Kier alpha value is -3.89. The Kier molecular flexibility index (Phi) is 5.91. The van der Waals surface area contributed by atoms with Crippen molar-refractivity contribution >= 4 is 34.1 Å². The number of pyridine rings is 2. The lowest BCUT2D eigenvalue weighted by molar-refractivity contribution is 0.500. The third kappa shape index (κ3) is 4.22. The molecule has 1 aliphatic rings. The van der Waals surface area contributed by atoms with Crippen molar-refractivity contribution < 1.29 is 4.42 Å². The number of aryl methyl sites for hydroxylation is 1. The van der Waals surface area contributed by atoms with Gasteiger partial charge in [-0.25, -0.2) is 4.98 Å². The largest absolute Gasteiger partial charge is 0.455 e. The third-order valence-electron chi connectivity index (χ3n) is 6.36. The topological polar surface area (TPSA) is 95.1 Å². The van der Waals surface area contributed by atoms with Crippen LogP contribution in [0.4, 0.5) is 11.5 Å². The number of hydrogen-bond donors (Lipinski definition) is 1.